The average Bonchev–Trinajstić information content (AvgIpc) is 3.34. The molecule has 0 radical (unpaired) electrons. The zero-order valence-electron chi connectivity index (χ0n) is 16.6. The number of carbonyl (C=O) groups is 1. The summed E-state index contributed by atoms with van der Waals surface area (Å²) in [4.78, 5) is 12.2. The number of nitrogen functional groups attached to an aromatic ring is 1. The monoisotopic (exact) mass is 419 g/mol. The van der Waals surface area contributed by atoms with Gasteiger partial charge in [-0.05, 0) is 37.6 Å². The molecule has 9 heteroatoms. The van der Waals surface area contributed by atoms with Gasteiger partial charge < -0.3 is 11.2 Å². The molecule has 8 nitrogen and oxygen atoms in total. The number of nitrogens with one attached hydrogen (secondary N) is 2. The molecular weight excluding hydrogens is 398 g/mol. The fraction of sp³-hybridized carbons (Fsp3) is 0.143. The third-order valence-corrected chi connectivity index (χ3v) is 5.41. The molecule has 0 unspecified atom stereocenters. The highest BCUT2D eigenvalue weighted by molar-refractivity contribution is 7.99. The van der Waals surface area contributed by atoms with E-state index in [0.717, 1.165) is 22.5 Å². The van der Waals surface area contributed by atoms with Crippen LogP contribution >= 0.6 is 11.8 Å². The van der Waals surface area contributed by atoms with Gasteiger partial charge in [-0.25, -0.2) is 4.68 Å². The van der Waals surface area contributed by atoms with Gasteiger partial charge in [-0.3, -0.25) is 9.89 Å². The van der Waals surface area contributed by atoms with Crippen LogP contribution in [0.15, 0.2) is 59.8 Å². The summed E-state index contributed by atoms with van der Waals surface area (Å²) in [5.41, 5.74) is 5.46. The van der Waals surface area contributed by atoms with Crippen molar-refractivity contribution in [2.24, 2.45) is 0 Å². The van der Waals surface area contributed by atoms with E-state index in [1.54, 1.807) is 0 Å². The van der Waals surface area contributed by atoms with E-state index in [1.165, 1.54) is 22.0 Å². The molecule has 4 N–H and O–H groups in total. The summed E-state index contributed by atoms with van der Waals surface area (Å²) in [6, 6.07) is 17.6. The first-order valence-corrected chi connectivity index (χ1v) is 10.3. The fourth-order valence-electron chi connectivity index (χ4n) is 2.92. The lowest BCUT2D eigenvalue weighted by Crippen LogP contribution is -2.16. The maximum absolute atomic E-state index is 12.2. The first-order chi connectivity index (χ1) is 14.5. The molecule has 2 aromatic heterocycles. The Morgan fingerprint density at radius 3 is 2.67 bits per heavy atom. The quantitative estimate of drug-likeness (QED) is 0.326. The van der Waals surface area contributed by atoms with Gasteiger partial charge in [0.15, 0.2) is 0 Å². The number of nitrogens with two attached hydrogens (primary N) is 1. The second-order valence-electron chi connectivity index (χ2n) is 6.92. The maximum atomic E-state index is 12.2. The number of H-pyrrole nitrogens is 1. The molecule has 2 aromatic carbocycles. The molecule has 0 aliphatic heterocycles. The van der Waals surface area contributed by atoms with Crippen LogP contribution < -0.4 is 11.2 Å². The van der Waals surface area contributed by atoms with Crippen LogP contribution in [0.5, 0.6) is 0 Å². The molecule has 0 atom stereocenters. The van der Waals surface area contributed by atoms with Gasteiger partial charge in [0.1, 0.15) is 5.69 Å². The second-order valence-corrected chi connectivity index (χ2v) is 7.86. The zero-order chi connectivity index (χ0) is 21.1. The number of hydrogen-bond donors (Lipinski definition) is 3. The van der Waals surface area contributed by atoms with E-state index in [0.29, 0.717) is 16.7 Å². The van der Waals surface area contributed by atoms with Crippen LogP contribution in [-0.4, -0.2) is 36.7 Å². The summed E-state index contributed by atoms with van der Waals surface area (Å²) in [5, 5.41) is 18.8. The average molecular weight is 420 g/mol. The highest BCUT2D eigenvalue weighted by atomic mass is 32.2. The van der Waals surface area contributed by atoms with Crippen molar-refractivity contribution >= 4 is 23.4 Å². The number of hydrogen-bond acceptors (Lipinski definition) is 6. The van der Waals surface area contributed by atoms with Crippen molar-refractivity contribution in [3.05, 3.63) is 65.7 Å². The van der Waals surface area contributed by atoms with E-state index < -0.39 is 0 Å². The molecule has 4 aromatic rings. The Labute approximate surface area is 177 Å². The normalized spacial score (nSPS) is 10.9. The van der Waals surface area contributed by atoms with Crippen molar-refractivity contribution < 1.29 is 4.79 Å². The van der Waals surface area contributed by atoms with Crippen molar-refractivity contribution in [2.75, 3.05) is 16.9 Å². The summed E-state index contributed by atoms with van der Waals surface area (Å²) < 4.78 is 1.36. The van der Waals surface area contributed by atoms with Crippen LogP contribution in [0, 0.1) is 13.8 Å². The van der Waals surface area contributed by atoms with Gasteiger partial charge in [-0.2, -0.15) is 5.10 Å². The number of aryl methyl sites for hydroxylation is 2. The van der Waals surface area contributed by atoms with Gasteiger partial charge in [0.2, 0.25) is 16.9 Å². The van der Waals surface area contributed by atoms with Gasteiger partial charge in [-0.1, -0.05) is 53.7 Å². The Hall–Kier alpha value is -3.59. The number of rotatable bonds is 6. The Kier molecular flexibility index (Phi) is 5.53. The van der Waals surface area contributed by atoms with Gasteiger partial charge in [-0.15, -0.1) is 10.2 Å². The minimum Gasteiger partial charge on any atom is -0.335 e. The molecule has 2 heterocycles. The number of carbonyl (C=O) groups excluding carboxylic acids is 1. The van der Waals surface area contributed by atoms with E-state index in [2.05, 4.69) is 25.7 Å². The molecule has 0 aliphatic carbocycles. The highest BCUT2D eigenvalue weighted by Crippen LogP contribution is 2.25. The summed E-state index contributed by atoms with van der Waals surface area (Å²) in [6.07, 6.45) is 0. The smallest absolute Gasteiger partial charge is 0.234 e. The lowest BCUT2D eigenvalue weighted by molar-refractivity contribution is -0.113. The van der Waals surface area contributed by atoms with Crippen molar-refractivity contribution in [2.45, 2.75) is 19.0 Å². The summed E-state index contributed by atoms with van der Waals surface area (Å²) in [5.74, 6) is 6.63. The maximum Gasteiger partial charge on any atom is 0.234 e. The molecule has 0 aliphatic rings. The number of nitrogens with zero attached hydrogens (tertiary/aromatic N) is 4. The molecule has 0 bridgehead atoms. The number of aromatic nitrogens is 5. The number of amides is 1. The van der Waals surface area contributed by atoms with Crippen LogP contribution in [-0.2, 0) is 4.79 Å². The van der Waals surface area contributed by atoms with Crippen LogP contribution in [0.4, 0.5) is 5.69 Å². The van der Waals surface area contributed by atoms with Gasteiger partial charge >= 0.3 is 0 Å². The van der Waals surface area contributed by atoms with Gasteiger partial charge in [0.25, 0.3) is 0 Å². The fourth-order valence-corrected chi connectivity index (χ4v) is 3.57. The Morgan fingerprint density at radius 2 is 1.90 bits per heavy atom. The largest absolute Gasteiger partial charge is 0.335 e. The highest BCUT2D eigenvalue weighted by Gasteiger charge is 2.16. The number of anilines is 1. The van der Waals surface area contributed by atoms with Crippen LogP contribution in [0.1, 0.15) is 11.1 Å². The lowest BCUT2D eigenvalue weighted by Gasteiger charge is -2.06. The molecule has 0 spiro atoms. The SMILES string of the molecule is Cc1ccc(-c2cc(-c3nnc(SCC(=O)Nc4cccc(C)c4)n3N)[nH]n2)cc1. The van der Waals surface area contributed by atoms with E-state index in [4.69, 9.17) is 5.84 Å². The van der Waals surface area contributed by atoms with E-state index >= 15 is 0 Å². The van der Waals surface area contributed by atoms with E-state index in [-0.39, 0.29) is 11.7 Å². The standard InChI is InChI=1S/C21H21N7OS/c1-13-6-8-15(9-7-13)17-11-18(25-24-17)20-26-27-21(28(20)22)30-12-19(29)23-16-5-3-4-14(2)10-16/h3-11H,12,22H2,1-2H3,(H,23,29)(H,24,25). The molecule has 152 valence electrons. The van der Waals surface area contributed by atoms with E-state index in [1.807, 2.05) is 68.4 Å². The van der Waals surface area contributed by atoms with Gasteiger partial charge in [0, 0.05) is 11.3 Å². The predicted octanol–water partition coefficient (Wildman–Crippen LogP) is 3.40. The third-order valence-electron chi connectivity index (χ3n) is 4.46. The summed E-state index contributed by atoms with van der Waals surface area (Å²) in [6.45, 7) is 4.01. The van der Waals surface area contributed by atoms with E-state index in [9.17, 15) is 4.79 Å². The van der Waals surface area contributed by atoms with Crippen molar-refractivity contribution in [1.29, 1.82) is 0 Å². The van der Waals surface area contributed by atoms with Crippen molar-refractivity contribution in [3.63, 3.8) is 0 Å². The molecule has 0 fully saturated rings. The lowest BCUT2D eigenvalue weighted by atomic mass is 10.1. The van der Waals surface area contributed by atoms with Crippen molar-refractivity contribution in [3.8, 4) is 22.8 Å². The summed E-state index contributed by atoms with van der Waals surface area (Å²) in [7, 11) is 0. The number of benzene rings is 2. The van der Waals surface area contributed by atoms with Crippen LogP contribution in [0.25, 0.3) is 22.8 Å². The molecule has 30 heavy (non-hydrogen) atoms. The number of aromatic amines is 1. The Morgan fingerprint density at radius 1 is 1.10 bits per heavy atom. The molecule has 0 saturated carbocycles. The van der Waals surface area contributed by atoms with Crippen LogP contribution in [0.3, 0.4) is 0 Å². The first kappa shape index (κ1) is 19.7. The number of thioether (sulfide) groups is 1. The Bertz CT molecular complexity index is 1180. The van der Waals surface area contributed by atoms with Gasteiger partial charge in [0.05, 0.1) is 11.4 Å². The first-order valence-electron chi connectivity index (χ1n) is 9.32. The molecule has 4 rings (SSSR count). The molecular formula is C21H21N7OS. The predicted molar refractivity (Wildman–Crippen MR) is 118 cm³/mol. The molecule has 0 saturated heterocycles. The topological polar surface area (TPSA) is 115 Å². The third kappa shape index (κ3) is 4.36. The minimum absolute atomic E-state index is 0.140. The zero-order valence-corrected chi connectivity index (χ0v) is 17.4. The second kappa shape index (κ2) is 8.42. The molecule has 1 amide bonds. The summed E-state index contributed by atoms with van der Waals surface area (Å²) >= 11 is 1.22. The van der Waals surface area contributed by atoms with Crippen molar-refractivity contribution in [1.82, 2.24) is 25.1 Å². The van der Waals surface area contributed by atoms with Crippen LogP contribution in [0.2, 0.25) is 0 Å². The Balaban J connectivity index is 1.42. The minimum atomic E-state index is -0.140.